The fraction of sp³-hybridized carbons (Fsp3) is 0.300. The summed E-state index contributed by atoms with van der Waals surface area (Å²) in [6.07, 6.45) is 0.457. The highest BCUT2D eigenvalue weighted by atomic mass is 35.5. The van der Waals surface area contributed by atoms with Crippen molar-refractivity contribution in [1.29, 1.82) is 0 Å². The van der Waals surface area contributed by atoms with E-state index in [1.54, 1.807) is 0 Å². The Morgan fingerprint density at radius 2 is 2.24 bits per heavy atom. The maximum Gasteiger partial charge on any atom is 0.300 e. The van der Waals surface area contributed by atoms with Gasteiger partial charge in [-0.05, 0) is 6.92 Å². The smallest absolute Gasteiger partial charge is 0.258 e. The second-order valence-electron chi connectivity index (χ2n) is 4.01. The van der Waals surface area contributed by atoms with Gasteiger partial charge in [-0.1, -0.05) is 11.6 Å². The SMILES string of the molecule is Cc1csc(CCNS(=O)(=O)c2cc([N+](=O)[O-])c(Cl)s2)n1. The molecule has 0 atom stereocenters. The van der Waals surface area contributed by atoms with Crippen LogP contribution in [0.25, 0.3) is 0 Å². The Hall–Kier alpha value is -1.07. The molecule has 0 saturated carbocycles. The van der Waals surface area contributed by atoms with E-state index < -0.39 is 20.6 Å². The molecule has 2 rings (SSSR count). The van der Waals surface area contributed by atoms with Crippen LogP contribution in [0.4, 0.5) is 5.69 Å². The van der Waals surface area contributed by atoms with E-state index in [2.05, 4.69) is 9.71 Å². The molecule has 7 nitrogen and oxygen atoms in total. The van der Waals surface area contributed by atoms with Crippen molar-refractivity contribution in [2.24, 2.45) is 0 Å². The molecule has 0 saturated heterocycles. The van der Waals surface area contributed by atoms with Gasteiger partial charge in [0.15, 0.2) is 4.34 Å². The fourth-order valence-electron chi connectivity index (χ4n) is 1.48. The highest BCUT2D eigenvalue weighted by Gasteiger charge is 2.24. The maximum atomic E-state index is 12.0. The third kappa shape index (κ3) is 3.98. The number of nitro groups is 1. The number of aryl methyl sites for hydroxylation is 1. The van der Waals surface area contributed by atoms with Crippen molar-refractivity contribution in [2.45, 2.75) is 17.6 Å². The Balaban J connectivity index is 2.04. The van der Waals surface area contributed by atoms with Crippen molar-refractivity contribution in [3.8, 4) is 0 Å². The predicted molar refractivity (Wildman–Crippen MR) is 81.7 cm³/mol. The average molecular weight is 368 g/mol. The number of aromatic nitrogens is 1. The van der Waals surface area contributed by atoms with E-state index in [1.165, 1.54) is 11.3 Å². The standard InChI is InChI=1S/C10H10ClN3O4S3/c1-6-5-19-8(13-6)2-3-12-21(17,18)9-4-7(14(15)16)10(11)20-9/h4-5,12H,2-3H2,1H3. The Labute approximate surface area is 133 Å². The van der Waals surface area contributed by atoms with Gasteiger partial charge in [-0.15, -0.1) is 22.7 Å². The Morgan fingerprint density at radius 1 is 1.52 bits per heavy atom. The molecule has 0 aromatic carbocycles. The molecule has 114 valence electrons. The van der Waals surface area contributed by atoms with Crippen LogP contribution in [-0.2, 0) is 16.4 Å². The lowest BCUT2D eigenvalue weighted by atomic mass is 10.4. The fourth-order valence-corrected chi connectivity index (χ4v) is 4.99. The summed E-state index contributed by atoms with van der Waals surface area (Å²) in [5.41, 5.74) is 0.483. The first-order chi connectivity index (χ1) is 9.79. The largest absolute Gasteiger partial charge is 0.300 e. The lowest BCUT2D eigenvalue weighted by Gasteiger charge is -2.02. The summed E-state index contributed by atoms with van der Waals surface area (Å²) in [6.45, 7) is 2.02. The predicted octanol–water partition coefficient (Wildman–Crippen LogP) is 2.60. The highest BCUT2D eigenvalue weighted by Crippen LogP contribution is 2.36. The van der Waals surface area contributed by atoms with Crippen molar-refractivity contribution >= 4 is 50.0 Å². The summed E-state index contributed by atoms with van der Waals surface area (Å²) in [7, 11) is -3.80. The normalized spacial score (nSPS) is 11.7. The third-order valence-electron chi connectivity index (χ3n) is 2.41. The summed E-state index contributed by atoms with van der Waals surface area (Å²) in [5.74, 6) is 0. The number of sulfonamides is 1. The van der Waals surface area contributed by atoms with Gasteiger partial charge >= 0.3 is 0 Å². The number of hydrogen-bond donors (Lipinski definition) is 1. The molecule has 0 bridgehead atoms. The summed E-state index contributed by atoms with van der Waals surface area (Å²) in [5, 5.41) is 13.4. The molecule has 0 unspecified atom stereocenters. The minimum absolute atomic E-state index is 0.157. The molecule has 0 aliphatic carbocycles. The topological polar surface area (TPSA) is 102 Å². The zero-order valence-electron chi connectivity index (χ0n) is 10.7. The van der Waals surface area contributed by atoms with Gasteiger partial charge in [0.1, 0.15) is 4.21 Å². The monoisotopic (exact) mass is 367 g/mol. The van der Waals surface area contributed by atoms with Crippen LogP contribution in [-0.4, -0.2) is 24.9 Å². The van der Waals surface area contributed by atoms with E-state index in [0.29, 0.717) is 17.8 Å². The lowest BCUT2D eigenvalue weighted by Crippen LogP contribution is -2.25. The van der Waals surface area contributed by atoms with Crippen molar-refractivity contribution in [1.82, 2.24) is 9.71 Å². The summed E-state index contributed by atoms with van der Waals surface area (Å²) in [4.78, 5) is 14.2. The van der Waals surface area contributed by atoms with Gasteiger partial charge in [0.05, 0.1) is 9.93 Å². The van der Waals surface area contributed by atoms with E-state index in [0.717, 1.165) is 16.8 Å². The zero-order valence-corrected chi connectivity index (χ0v) is 13.9. The minimum atomic E-state index is -3.80. The van der Waals surface area contributed by atoms with Gasteiger partial charge in [0.2, 0.25) is 10.0 Å². The molecule has 2 aromatic rings. The van der Waals surface area contributed by atoms with Crippen LogP contribution in [0.5, 0.6) is 0 Å². The van der Waals surface area contributed by atoms with Crippen LogP contribution < -0.4 is 4.72 Å². The van der Waals surface area contributed by atoms with Crippen molar-refractivity contribution in [2.75, 3.05) is 6.54 Å². The Morgan fingerprint density at radius 3 is 2.76 bits per heavy atom. The lowest BCUT2D eigenvalue weighted by molar-refractivity contribution is -0.384. The summed E-state index contributed by atoms with van der Waals surface area (Å²) in [6, 6.07) is 0.961. The van der Waals surface area contributed by atoms with Crippen molar-refractivity contribution in [3.63, 3.8) is 0 Å². The second kappa shape index (κ2) is 6.36. The molecule has 11 heteroatoms. The van der Waals surface area contributed by atoms with Crippen LogP contribution in [0.1, 0.15) is 10.7 Å². The highest BCUT2D eigenvalue weighted by molar-refractivity contribution is 7.91. The maximum absolute atomic E-state index is 12.0. The Kier molecular flexibility index (Phi) is 4.94. The van der Waals surface area contributed by atoms with Gasteiger partial charge in [0.25, 0.3) is 5.69 Å². The molecule has 0 radical (unpaired) electrons. The number of thiazole rings is 1. The number of nitrogens with one attached hydrogen (secondary N) is 1. The minimum Gasteiger partial charge on any atom is -0.258 e. The number of thiophene rings is 1. The van der Waals surface area contributed by atoms with Crippen LogP contribution >= 0.6 is 34.3 Å². The molecule has 2 aromatic heterocycles. The molecular formula is C10H10ClN3O4S3. The van der Waals surface area contributed by atoms with E-state index in [4.69, 9.17) is 11.6 Å². The molecule has 0 spiro atoms. The number of nitrogens with zero attached hydrogens (tertiary/aromatic N) is 2. The van der Waals surface area contributed by atoms with Gasteiger partial charge < -0.3 is 0 Å². The Bertz CT molecular complexity index is 768. The van der Waals surface area contributed by atoms with E-state index in [9.17, 15) is 18.5 Å². The zero-order chi connectivity index (χ0) is 15.6. The first kappa shape index (κ1) is 16.3. The van der Waals surface area contributed by atoms with Crippen LogP contribution in [0, 0.1) is 17.0 Å². The summed E-state index contributed by atoms with van der Waals surface area (Å²) >= 11 is 7.77. The van der Waals surface area contributed by atoms with Gasteiger partial charge in [0, 0.05) is 30.1 Å². The van der Waals surface area contributed by atoms with Crippen molar-refractivity contribution in [3.05, 3.63) is 36.6 Å². The average Bonchev–Trinajstić information content (AvgIpc) is 2.96. The molecule has 0 aliphatic heterocycles. The molecule has 1 N–H and O–H groups in total. The van der Waals surface area contributed by atoms with Crippen LogP contribution in [0.15, 0.2) is 15.7 Å². The molecule has 0 amide bonds. The van der Waals surface area contributed by atoms with Crippen LogP contribution in [0.2, 0.25) is 4.34 Å². The molecule has 21 heavy (non-hydrogen) atoms. The second-order valence-corrected chi connectivity index (χ2v) is 8.60. The van der Waals surface area contributed by atoms with E-state index in [1.807, 2.05) is 12.3 Å². The van der Waals surface area contributed by atoms with E-state index >= 15 is 0 Å². The van der Waals surface area contributed by atoms with Crippen LogP contribution in [0.3, 0.4) is 0 Å². The first-order valence-electron chi connectivity index (χ1n) is 5.64. The van der Waals surface area contributed by atoms with Gasteiger partial charge in [-0.25, -0.2) is 18.1 Å². The number of halogens is 1. The summed E-state index contributed by atoms with van der Waals surface area (Å²) < 4.78 is 26.1. The van der Waals surface area contributed by atoms with E-state index in [-0.39, 0.29) is 15.1 Å². The number of rotatable bonds is 6. The molecule has 0 aliphatic rings. The molecule has 2 heterocycles. The van der Waals surface area contributed by atoms with Crippen molar-refractivity contribution < 1.29 is 13.3 Å². The quantitative estimate of drug-likeness (QED) is 0.624. The molecule has 0 fully saturated rings. The number of hydrogen-bond acceptors (Lipinski definition) is 7. The van der Waals surface area contributed by atoms with Gasteiger partial charge in [-0.3, -0.25) is 10.1 Å². The first-order valence-corrected chi connectivity index (χ1v) is 9.20. The third-order valence-corrected chi connectivity index (χ3v) is 6.70. The van der Waals surface area contributed by atoms with Gasteiger partial charge in [-0.2, -0.15) is 0 Å². The molecular weight excluding hydrogens is 358 g/mol.